The van der Waals surface area contributed by atoms with Gasteiger partial charge in [-0.3, -0.25) is 4.79 Å². The zero-order valence-electron chi connectivity index (χ0n) is 27.0. The minimum Gasteiger partial charge on any atom is -0.480 e. The van der Waals surface area contributed by atoms with E-state index in [9.17, 15) is 19.5 Å². The Morgan fingerprint density at radius 2 is 1.23 bits per heavy atom. The fourth-order valence-electron chi connectivity index (χ4n) is 3.37. The van der Waals surface area contributed by atoms with E-state index in [0.29, 0.717) is 25.1 Å². The van der Waals surface area contributed by atoms with Crippen molar-refractivity contribution in [2.24, 2.45) is 0 Å². The summed E-state index contributed by atoms with van der Waals surface area (Å²) in [6.07, 6.45) is 32.0. The molecule has 3 N–H and O–H groups in total. The average Bonchev–Trinajstić information content (AvgIpc) is 2.91. The average molecular weight is 635 g/mol. The number of amides is 2. The highest BCUT2D eigenvalue weighted by Crippen LogP contribution is 2.38. The molecular formula is C34H54N2O5S2. The van der Waals surface area contributed by atoms with Gasteiger partial charge in [-0.05, 0) is 79.6 Å². The maximum absolute atomic E-state index is 12.1. The van der Waals surface area contributed by atoms with Gasteiger partial charge in [0.1, 0.15) is 11.6 Å². The minimum absolute atomic E-state index is 0.0144. The van der Waals surface area contributed by atoms with Crippen molar-refractivity contribution < 1.29 is 24.2 Å². The molecule has 0 radical (unpaired) electrons. The van der Waals surface area contributed by atoms with Crippen molar-refractivity contribution in [2.45, 2.75) is 109 Å². The van der Waals surface area contributed by atoms with Crippen LogP contribution >= 0.6 is 21.6 Å². The van der Waals surface area contributed by atoms with Gasteiger partial charge in [-0.2, -0.15) is 0 Å². The van der Waals surface area contributed by atoms with Gasteiger partial charge in [-0.25, -0.2) is 9.59 Å². The third kappa shape index (κ3) is 25.6. The Morgan fingerprint density at radius 3 is 1.67 bits per heavy atom. The molecule has 2 amide bonds. The van der Waals surface area contributed by atoms with Gasteiger partial charge in [-0.15, -0.1) is 0 Å². The molecule has 0 saturated carbocycles. The normalized spacial score (nSPS) is 13.7. The van der Waals surface area contributed by atoms with Crippen LogP contribution in [0.1, 0.15) is 92.9 Å². The second-order valence-corrected chi connectivity index (χ2v) is 14.3. The molecule has 0 aliphatic carbocycles. The van der Waals surface area contributed by atoms with E-state index in [0.717, 1.165) is 38.5 Å². The Balaban J connectivity index is 4.00. The Kier molecular flexibility index (Phi) is 23.2. The third-order valence-corrected chi connectivity index (χ3v) is 8.82. The van der Waals surface area contributed by atoms with Gasteiger partial charge in [0.05, 0.1) is 4.75 Å². The van der Waals surface area contributed by atoms with Crippen molar-refractivity contribution in [1.82, 2.24) is 10.6 Å². The lowest BCUT2D eigenvalue weighted by Gasteiger charge is -2.31. The molecule has 0 saturated heterocycles. The monoisotopic (exact) mass is 634 g/mol. The van der Waals surface area contributed by atoms with E-state index < -0.39 is 28.5 Å². The predicted octanol–water partition coefficient (Wildman–Crippen LogP) is 8.72. The fraction of sp³-hybridized carbons (Fsp3) is 0.559. The summed E-state index contributed by atoms with van der Waals surface area (Å²) in [5, 5.41) is 15.0. The largest absolute Gasteiger partial charge is 0.480 e. The molecule has 0 spiro atoms. The van der Waals surface area contributed by atoms with Gasteiger partial charge in [0.2, 0.25) is 5.91 Å². The Bertz CT molecular complexity index is 976. The SMILES string of the molecule is CC/C=C\C/C=C\C/C=C\C/C=C\C/C=C\C/C=C\CCC(=O)NCCSSC(C)(C)[C@H](NC(=O)OC(C)(C)C)C(=O)O. The van der Waals surface area contributed by atoms with Crippen LogP contribution in [0, 0.1) is 0 Å². The van der Waals surface area contributed by atoms with Crippen LogP contribution in [0.3, 0.4) is 0 Å². The van der Waals surface area contributed by atoms with E-state index in [2.05, 4.69) is 84.4 Å². The zero-order chi connectivity index (χ0) is 32.4. The first-order chi connectivity index (χ1) is 20.4. The molecule has 0 bridgehead atoms. The topological polar surface area (TPSA) is 105 Å². The number of aliphatic carboxylic acids is 1. The number of alkyl carbamates (subject to hydrolysis) is 1. The lowest BCUT2D eigenvalue weighted by molar-refractivity contribution is -0.140. The maximum atomic E-state index is 12.1. The molecule has 0 aliphatic rings. The van der Waals surface area contributed by atoms with Gasteiger partial charge in [0.25, 0.3) is 0 Å². The predicted molar refractivity (Wildman–Crippen MR) is 185 cm³/mol. The van der Waals surface area contributed by atoms with E-state index in [1.807, 2.05) is 6.08 Å². The van der Waals surface area contributed by atoms with Gasteiger partial charge in [-0.1, -0.05) is 101 Å². The van der Waals surface area contributed by atoms with Crippen LogP contribution in [-0.2, 0) is 14.3 Å². The Labute approximate surface area is 268 Å². The van der Waals surface area contributed by atoms with Crippen molar-refractivity contribution in [3.8, 4) is 0 Å². The second-order valence-electron chi connectivity index (χ2n) is 11.2. The number of hydrogen-bond donors (Lipinski definition) is 3. The summed E-state index contributed by atoms with van der Waals surface area (Å²) in [5.74, 6) is -0.538. The highest BCUT2D eigenvalue weighted by molar-refractivity contribution is 8.77. The van der Waals surface area contributed by atoms with Crippen molar-refractivity contribution in [2.75, 3.05) is 12.3 Å². The lowest BCUT2D eigenvalue weighted by atomic mass is 10.0. The summed E-state index contributed by atoms with van der Waals surface area (Å²) in [6, 6.07) is -1.13. The third-order valence-electron chi connectivity index (χ3n) is 5.52. The second kappa shape index (κ2) is 24.8. The first kappa shape index (κ1) is 40.4. The number of ether oxygens (including phenoxy) is 1. The summed E-state index contributed by atoms with van der Waals surface area (Å²) < 4.78 is 4.39. The number of allylic oxidation sites excluding steroid dienone is 12. The Hall–Kier alpha value is -2.65. The van der Waals surface area contributed by atoms with Crippen molar-refractivity contribution in [3.05, 3.63) is 72.9 Å². The van der Waals surface area contributed by atoms with Gasteiger partial charge in [0.15, 0.2) is 0 Å². The first-order valence-electron chi connectivity index (χ1n) is 15.1. The molecule has 7 nitrogen and oxygen atoms in total. The number of rotatable bonds is 22. The molecule has 0 aromatic carbocycles. The zero-order valence-corrected chi connectivity index (χ0v) is 28.6. The molecular weight excluding hydrogens is 581 g/mol. The van der Waals surface area contributed by atoms with Crippen LogP contribution in [0.25, 0.3) is 0 Å². The molecule has 9 heteroatoms. The van der Waals surface area contributed by atoms with Crippen LogP contribution < -0.4 is 10.6 Å². The molecule has 0 unspecified atom stereocenters. The van der Waals surface area contributed by atoms with Crippen LogP contribution in [0.4, 0.5) is 4.79 Å². The summed E-state index contributed by atoms with van der Waals surface area (Å²) >= 11 is 0. The van der Waals surface area contributed by atoms with Crippen LogP contribution in [-0.4, -0.2) is 51.8 Å². The summed E-state index contributed by atoms with van der Waals surface area (Å²) in [4.78, 5) is 35.9. The minimum atomic E-state index is -1.13. The number of carboxylic acid groups (broad SMARTS) is 1. The number of hydrogen-bond acceptors (Lipinski definition) is 6. The Morgan fingerprint density at radius 1 is 0.767 bits per heavy atom. The number of carbonyl (C=O) groups is 3. The summed E-state index contributed by atoms with van der Waals surface area (Å²) in [5.41, 5.74) is -0.719. The van der Waals surface area contributed by atoms with Crippen molar-refractivity contribution in [1.29, 1.82) is 0 Å². The molecule has 0 aromatic rings. The molecule has 0 aromatic heterocycles. The van der Waals surface area contributed by atoms with E-state index in [4.69, 9.17) is 4.74 Å². The van der Waals surface area contributed by atoms with Gasteiger partial charge in [0, 0.05) is 18.7 Å². The molecule has 43 heavy (non-hydrogen) atoms. The maximum Gasteiger partial charge on any atom is 0.408 e. The van der Waals surface area contributed by atoms with E-state index in [1.54, 1.807) is 34.6 Å². The number of carbonyl (C=O) groups excluding carboxylic acids is 2. The standard InChI is InChI=1S/C34H54N2O5S2/c1-7-8-9-10-11-12-13-14-15-16-17-18-19-20-21-22-23-24-25-26-29(37)35-27-28-42-43-34(5,6)30(31(38)39)36-32(40)41-33(2,3)4/h8-9,11-12,14-15,17-18,20-21,23-24,30H,7,10,13,16,19,22,25-28H2,1-6H3,(H,35,37)(H,36,40)(H,38,39)/b9-8-,12-11-,15-14-,18-17-,21-20-,24-23-/t30-/m1/s1. The van der Waals surface area contributed by atoms with E-state index in [1.165, 1.54) is 21.6 Å². The smallest absolute Gasteiger partial charge is 0.408 e. The number of carboxylic acids is 1. The highest BCUT2D eigenvalue weighted by Gasteiger charge is 2.38. The van der Waals surface area contributed by atoms with E-state index >= 15 is 0 Å². The molecule has 0 heterocycles. The van der Waals surface area contributed by atoms with Crippen molar-refractivity contribution >= 4 is 39.6 Å². The lowest BCUT2D eigenvalue weighted by Crippen LogP contribution is -2.53. The first-order valence-corrected chi connectivity index (χ1v) is 17.4. The number of nitrogens with one attached hydrogen (secondary N) is 2. The van der Waals surface area contributed by atoms with Gasteiger partial charge >= 0.3 is 12.1 Å². The van der Waals surface area contributed by atoms with Crippen LogP contribution in [0.15, 0.2) is 72.9 Å². The molecule has 0 aliphatic heterocycles. The van der Waals surface area contributed by atoms with Crippen molar-refractivity contribution in [3.63, 3.8) is 0 Å². The summed E-state index contributed by atoms with van der Waals surface area (Å²) in [6.45, 7) is 11.3. The highest BCUT2D eigenvalue weighted by atomic mass is 33.1. The quantitative estimate of drug-likeness (QED) is 0.0621. The fourth-order valence-corrected chi connectivity index (χ4v) is 5.90. The molecule has 0 fully saturated rings. The van der Waals surface area contributed by atoms with Crippen LogP contribution in [0.5, 0.6) is 0 Å². The van der Waals surface area contributed by atoms with Gasteiger partial charge < -0.3 is 20.5 Å². The molecule has 1 atom stereocenters. The summed E-state index contributed by atoms with van der Waals surface area (Å²) in [7, 11) is 2.81. The molecule has 242 valence electrons. The molecule has 0 rings (SSSR count). The van der Waals surface area contributed by atoms with Crippen LogP contribution in [0.2, 0.25) is 0 Å². The van der Waals surface area contributed by atoms with E-state index in [-0.39, 0.29) is 5.91 Å².